The molecule has 0 saturated heterocycles. The highest BCUT2D eigenvalue weighted by atomic mass is 16.7. The number of ether oxygens (including phenoxy) is 3. The average Bonchev–Trinajstić information content (AvgIpc) is 2.68. The predicted molar refractivity (Wildman–Crippen MR) is 104 cm³/mol. The summed E-state index contributed by atoms with van der Waals surface area (Å²) in [5.41, 5.74) is -0.393. The summed E-state index contributed by atoms with van der Waals surface area (Å²) in [5, 5.41) is 0. The van der Waals surface area contributed by atoms with Crippen LogP contribution in [0.15, 0.2) is 0 Å². The van der Waals surface area contributed by atoms with E-state index in [1.807, 2.05) is 20.8 Å². The van der Waals surface area contributed by atoms with Gasteiger partial charge in [0.15, 0.2) is 6.29 Å². The van der Waals surface area contributed by atoms with E-state index >= 15 is 0 Å². The molecule has 0 aromatic carbocycles. The first-order valence-electron chi connectivity index (χ1n) is 11.0. The van der Waals surface area contributed by atoms with E-state index in [1.54, 1.807) is 0 Å². The molecule has 0 heterocycles. The Labute approximate surface area is 160 Å². The molecule has 0 amide bonds. The van der Waals surface area contributed by atoms with Gasteiger partial charge in [0.25, 0.3) is 0 Å². The molecule has 2 aliphatic rings. The molecule has 0 aliphatic heterocycles. The fourth-order valence-electron chi connectivity index (χ4n) is 3.85. The van der Waals surface area contributed by atoms with E-state index in [4.69, 9.17) is 14.2 Å². The summed E-state index contributed by atoms with van der Waals surface area (Å²) in [4.78, 5) is 12.0. The third-order valence-corrected chi connectivity index (χ3v) is 6.15. The van der Waals surface area contributed by atoms with Gasteiger partial charge in [0.1, 0.15) is 0 Å². The Hall–Kier alpha value is -0.610. The summed E-state index contributed by atoms with van der Waals surface area (Å²) in [6.45, 7) is 6.92. The molecule has 0 bridgehead atoms. The molecule has 2 fully saturated rings. The predicted octanol–water partition coefficient (Wildman–Crippen LogP) is 5.63. The number of hydrogen-bond donors (Lipinski definition) is 0. The van der Waals surface area contributed by atoms with Gasteiger partial charge in [-0.3, -0.25) is 4.79 Å². The van der Waals surface area contributed by atoms with Crippen LogP contribution in [0.5, 0.6) is 0 Å². The van der Waals surface area contributed by atoms with Crippen LogP contribution in [0.2, 0.25) is 0 Å². The smallest absolute Gasteiger partial charge is 0.311 e. The maximum atomic E-state index is 12.0. The van der Waals surface area contributed by atoms with Crippen molar-refractivity contribution >= 4 is 5.97 Å². The van der Waals surface area contributed by atoms with Crippen molar-refractivity contribution < 1.29 is 19.0 Å². The Morgan fingerprint density at radius 3 is 2.19 bits per heavy atom. The molecule has 2 aliphatic carbocycles. The molecular formula is C22H40O4. The van der Waals surface area contributed by atoms with Crippen molar-refractivity contribution in [2.75, 3.05) is 13.2 Å². The van der Waals surface area contributed by atoms with Crippen LogP contribution < -0.4 is 0 Å². The van der Waals surface area contributed by atoms with Gasteiger partial charge in [0, 0.05) is 12.3 Å². The molecule has 26 heavy (non-hydrogen) atoms. The van der Waals surface area contributed by atoms with Crippen LogP contribution >= 0.6 is 0 Å². The van der Waals surface area contributed by atoms with E-state index in [9.17, 15) is 4.79 Å². The van der Waals surface area contributed by atoms with Crippen molar-refractivity contribution in [1.82, 2.24) is 0 Å². The maximum Gasteiger partial charge on any atom is 0.311 e. The molecule has 0 radical (unpaired) electrons. The number of hydrogen-bond acceptors (Lipinski definition) is 4. The van der Waals surface area contributed by atoms with E-state index in [1.165, 1.54) is 64.2 Å². The van der Waals surface area contributed by atoms with Crippen molar-refractivity contribution in [2.45, 2.75) is 110 Å². The Balaban J connectivity index is 1.72. The molecule has 4 heteroatoms. The van der Waals surface area contributed by atoms with Gasteiger partial charge in [0.05, 0.1) is 24.7 Å². The second-order valence-corrected chi connectivity index (χ2v) is 8.76. The van der Waals surface area contributed by atoms with Crippen LogP contribution in [0.25, 0.3) is 0 Å². The van der Waals surface area contributed by atoms with E-state index in [-0.39, 0.29) is 12.3 Å². The fraction of sp³-hybridized carbons (Fsp3) is 0.955. The highest BCUT2D eigenvalue weighted by molar-refractivity contribution is 5.75. The minimum absolute atomic E-state index is 0.0683. The van der Waals surface area contributed by atoms with Crippen LogP contribution in [0.3, 0.4) is 0 Å². The standard InChI is InChI=1S/C22H40O4/c1-4-22(2,3)21(23)25-17-11-16-24-20(18-12-7-5-8-13-18)26-19-14-9-6-10-15-19/h18-20H,4-17H2,1-3H3. The summed E-state index contributed by atoms with van der Waals surface area (Å²) in [6.07, 6.45) is 14.5. The van der Waals surface area contributed by atoms with Gasteiger partial charge in [-0.05, 0) is 46.0 Å². The van der Waals surface area contributed by atoms with E-state index in [0.29, 0.717) is 25.2 Å². The lowest BCUT2D eigenvalue weighted by Crippen LogP contribution is -2.34. The maximum absolute atomic E-state index is 12.0. The van der Waals surface area contributed by atoms with Gasteiger partial charge in [0.2, 0.25) is 0 Å². The molecule has 152 valence electrons. The Bertz CT molecular complexity index is 395. The van der Waals surface area contributed by atoms with Crippen LogP contribution in [0.4, 0.5) is 0 Å². The third-order valence-electron chi connectivity index (χ3n) is 6.15. The van der Waals surface area contributed by atoms with Crippen molar-refractivity contribution in [1.29, 1.82) is 0 Å². The summed E-state index contributed by atoms with van der Waals surface area (Å²) in [5.74, 6) is 0.425. The van der Waals surface area contributed by atoms with Crippen molar-refractivity contribution in [3.05, 3.63) is 0 Å². The summed E-state index contributed by atoms with van der Waals surface area (Å²) in [7, 11) is 0. The minimum atomic E-state index is -0.393. The van der Waals surface area contributed by atoms with Gasteiger partial charge in [-0.1, -0.05) is 45.4 Å². The number of esters is 1. The average molecular weight is 369 g/mol. The Kier molecular flexibility index (Phi) is 9.41. The van der Waals surface area contributed by atoms with Crippen LogP contribution in [0, 0.1) is 11.3 Å². The number of carbonyl (C=O) groups excluding carboxylic acids is 1. The lowest BCUT2D eigenvalue weighted by molar-refractivity contribution is -0.208. The zero-order valence-corrected chi connectivity index (χ0v) is 17.3. The van der Waals surface area contributed by atoms with E-state index in [2.05, 4.69) is 0 Å². The zero-order valence-electron chi connectivity index (χ0n) is 17.3. The molecule has 0 aromatic heterocycles. The largest absolute Gasteiger partial charge is 0.465 e. The molecule has 0 N–H and O–H groups in total. The molecule has 1 unspecified atom stereocenters. The van der Waals surface area contributed by atoms with Gasteiger partial charge in [-0.15, -0.1) is 0 Å². The lowest BCUT2D eigenvalue weighted by atomic mass is 9.88. The van der Waals surface area contributed by atoms with Crippen LogP contribution in [0.1, 0.15) is 97.8 Å². The molecule has 4 nitrogen and oxygen atoms in total. The van der Waals surface area contributed by atoms with Crippen LogP contribution in [-0.4, -0.2) is 31.6 Å². The molecule has 2 saturated carbocycles. The third kappa shape index (κ3) is 7.19. The molecule has 2 rings (SSSR count). The van der Waals surface area contributed by atoms with Crippen molar-refractivity contribution in [2.24, 2.45) is 11.3 Å². The number of rotatable bonds is 10. The number of carbonyl (C=O) groups is 1. The fourth-order valence-corrected chi connectivity index (χ4v) is 3.85. The van der Waals surface area contributed by atoms with Gasteiger partial charge in [-0.2, -0.15) is 0 Å². The molecule has 0 spiro atoms. The summed E-state index contributed by atoms with van der Waals surface area (Å²) in [6, 6.07) is 0. The highest BCUT2D eigenvalue weighted by Gasteiger charge is 2.29. The van der Waals surface area contributed by atoms with Gasteiger partial charge < -0.3 is 14.2 Å². The van der Waals surface area contributed by atoms with Crippen molar-refractivity contribution in [3.8, 4) is 0 Å². The first-order valence-corrected chi connectivity index (χ1v) is 11.0. The second-order valence-electron chi connectivity index (χ2n) is 8.76. The van der Waals surface area contributed by atoms with Gasteiger partial charge in [-0.25, -0.2) is 0 Å². The summed E-state index contributed by atoms with van der Waals surface area (Å²) >= 11 is 0. The SMILES string of the molecule is CCC(C)(C)C(=O)OCCCOC(OC1CCCCC1)C1CCCCC1. The normalized spacial score (nSPS) is 21.5. The first kappa shape index (κ1) is 21.7. The monoisotopic (exact) mass is 368 g/mol. The summed E-state index contributed by atoms with van der Waals surface area (Å²) < 4.78 is 18.0. The van der Waals surface area contributed by atoms with Crippen molar-refractivity contribution in [3.63, 3.8) is 0 Å². The second kappa shape index (κ2) is 11.3. The molecular weight excluding hydrogens is 328 g/mol. The zero-order chi connectivity index (χ0) is 18.8. The Morgan fingerprint density at radius 1 is 0.962 bits per heavy atom. The van der Waals surface area contributed by atoms with Crippen LogP contribution in [-0.2, 0) is 19.0 Å². The van der Waals surface area contributed by atoms with E-state index in [0.717, 1.165) is 12.8 Å². The Morgan fingerprint density at radius 2 is 1.58 bits per heavy atom. The quantitative estimate of drug-likeness (QED) is 0.285. The highest BCUT2D eigenvalue weighted by Crippen LogP contribution is 2.31. The minimum Gasteiger partial charge on any atom is -0.465 e. The first-order chi connectivity index (χ1) is 12.5. The topological polar surface area (TPSA) is 44.8 Å². The van der Waals surface area contributed by atoms with Gasteiger partial charge >= 0.3 is 5.97 Å². The molecule has 0 aromatic rings. The molecule has 1 atom stereocenters. The lowest BCUT2D eigenvalue weighted by Gasteiger charge is -2.34. The van der Waals surface area contributed by atoms with E-state index < -0.39 is 5.41 Å².